The maximum Gasteiger partial charge on any atom is 0.339 e. The molecule has 3 N–H and O–H groups in total. The predicted octanol–water partition coefficient (Wildman–Crippen LogP) is 1.95. The third-order valence-electron chi connectivity index (χ3n) is 1.56. The van der Waals surface area contributed by atoms with Gasteiger partial charge in [-0.2, -0.15) is 0 Å². The Morgan fingerprint density at radius 3 is 2.64 bits per heavy atom. The van der Waals surface area contributed by atoms with Crippen molar-refractivity contribution in [1.82, 2.24) is 4.98 Å². The van der Waals surface area contributed by atoms with Crippen LogP contribution in [-0.4, -0.2) is 16.1 Å². The number of alkyl halides is 2. The van der Waals surface area contributed by atoms with Crippen molar-refractivity contribution in [1.29, 1.82) is 0 Å². The molecule has 14 heavy (non-hydrogen) atoms. The zero-order chi connectivity index (χ0) is 10.9. The van der Waals surface area contributed by atoms with Crippen molar-refractivity contribution in [2.45, 2.75) is 6.43 Å². The van der Waals surface area contributed by atoms with Crippen LogP contribution in [0.2, 0.25) is 5.15 Å². The van der Waals surface area contributed by atoms with E-state index in [0.29, 0.717) is 0 Å². The minimum Gasteiger partial charge on any atom is -0.478 e. The van der Waals surface area contributed by atoms with Crippen molar-refractivity contribution in [3.05, 3.63) is 22.5 Å². The fourth-order valence-corrected chi connectivity index (χ4v) is 1.13. The highest BCUT2D eigenvalue weighted by atomic mass is 35.5. The molecule has 1 aromatic heterocycles. The summed E-state index contributed by atoms with van der Waals surface area (Å²) in [7, 11) is 0. The predicted molar refractivity (Wildman–Crippen MR) is 45.6 cm³/mol. The SMILES string of the molecule is Nc1c(C(=O)O)cnc(Cl)c1C(F)F. The van der Waals surface area contributed by atoms with Crippen molar-refractivity contribution in [3.8, 4) is 0 Å². The molecule has 1 rings (SSSR count). The van der Waals surface area contributed by atoms with Gasteiger partial charge >= 0.3 is 5.97 Å². The first-order valence-corrected chi connectivity index (χ1v) is 3.78. The van der Waals surface area contributed by atoms with Gasteiger partial charge in [-0.3, -0.25) is 0 Å². The van der Waals surface area contributed by atoms with Gasteiger partial charge in [-0.15, -0.1) is 0 Å². The van der Waals surface area contributed by atoms with Crippen LogP contribution >= 0.6 is 11.6 Å². The highest BCUT2D eigenvalue weighted by Gasteiger charge is 2.22. The van der Waals surface area contributed by atoms with E-state index in [2.05, 4.69) is 4.98 Å². The Hall–Kier alpha value is -1.43. The van der Waals surface area contributed by atoms with Crippen molar-refractivity contribution in [3.63, 3.8) is 0 Å². The number of carbonyl (C=O) groups is 1. The second-order valence-corrected chi connectivity index (χ2v) is 2.75. The van der Waals surface area contributed by atoms with Crippen molar-refractivity contribution >= 4 is 23.3 Å². The lowest BCUT2D eigenvalue weighted by atomic mass is 10.1. The molecular formula is C7H5ClF2N2O2. The van der Waals surface area contributed by atoms with Crippen LogP contribution in [0.5, 0.6) is 0 Å². The first kappa shape index (κ1) is 10.6. The van der Waals surface area contributed by atoms with Crippen LogP contribution in [-0.2, 0) is 0 Å². The van der Waals surface area contributed by atoms with Crippen LogP contribution in [0.25, 0.3) is 0 Å². The summed E-state index contributed by atoms with van der Waals surface area (Å²) in [6.45, 7) is 0. The van der Waals surface area contributed by atoms with E-state index in [1.165, 1.54) is 0 Å². The number of hydrogen-bond donors (Lipinski definition) is 2. The summed E-state index contributed by atoms with van der Waals surface area (Å²) < 4.78 is 24.7. The van der Waals surface area contributed by atoms with Gasteiger partial charge in [0.05, 0.1) is 11.3 Å². The molecular weight excluding hydrogens is 218 g/mol. The molecule has 0 spiro atoms. The first-order chi connectivity index (χ1) is 6.45. The van der Waals surface area contributed by atoms with E-state index in [0.717, 1.165) is 6.20 Å². The van der Waals surface area contributed by atoms with Crippen LogP contribution in [0, 0.1) is 0 Å². The number of pyridine rings is 1. The van der Waals surface area contributed by atoms with Gasteiger partial charge in [0, 0.05) is 6.20 Å². The Morgan fingerprint density at radius 1 is 1.64 bits per heavy atom. The summed E-state index contributed by atoms with van der Waals surface area (Å²) in [6, 6.07) is 0. The zero-order valence-corrected chi connectivity index (χ0v) is 7.42. The molecule has 0 unspecified atom stereocenters. The summed E-state index contributed by atoms with van der Waals surface area (Å²) in [5.41, 5.74) is 3.43. The number of nitrogens with zero attached hydrogens (tertiary/aromatic N) is 1. The standard InChI is InChI=1S/C7H5ClF2N2O2/c8-5-3(6(9)10)4(11)2(1-12-5)7(13)14/h1,6H,(H2,11,12)(H,13,14). The molecule has 1 aromatic rings. The van der Waals surface area contributed by atoms with Crippen LogP contribution in [0.15, 0.2) is 6.20 Å². The van der Waals surface area contributed by atoms with Gasteiger partial charge in [-0.1, -0.05) is 11.6 Å². The van der Waals surface area contributed by atoms with Gasteiger partial charge in [0.25, 0.3) is 6.43 Å². The number of anilines is 1. The van der Waals surface area contributed by atoms with Gasteiger partial charge in [0.15, 0.2) is 0 Å². The molecule has 0 amide bonds. The number of nitrogen functional groups attached to an aromatic ring is 1. The van der Waals surface area contributed by atoms with E-state index in [-0.39, 0.29) is 0 Å². The number of aromatic carboxylic acids is 1. The van der Waals surface area contributed by atoms with E-state index in [4.69, 9.17) is 22.4 Å². The molecule has 76 valence electrons. The van der Waals surface area contributed by atoms with E-state index in [1.54, 1.807) is 0 Å². The molecule has 0 fully saturated rings. The molecule has 1 heterocycles. The minimum atomic E-state index is -2.95. The van der Waals surface area contributed by atoms with Gasteiger partial charge in [0.2, 0.25) is 0 Å². The topological polar surface area (TPSA) is 76.2 Å². The Bertz CT molecular complexity index is 384. The number of carboxylic acids is 1. The lowest BCUT2D eigenvalue weighted by Gasteiger charge is -2.08. The third-order valence-corrected chi connectivity index (χ3v) is 1.86. The average molecular weight is 223 g/mol. The normalized spacial score (nSPS) is 10.6. The summed E-state index contributed by atoms with van der Waals surface area (Å²) in [6.07, 6.45) is -2.11. The lowest BCUT2D eigenvalue weighted by molar-refractivity contribution is 0.0697. The molecule has 0 saturated carbocycles. The Balaban J connectivity index is 3.41. The lowest BCUT2D eigenvalue weighted by Crippen LogP contribution is -2.07. The smallest absolute Gasteiger partial charge is 0.339 e. The van der Waals surface area contributed by atoms with Crippen LogP contribution in [0.4, 0.5) is 14.5 Å². The molecule has 0 atom stereocenters. The number of aromatic nitrogens is 1. The summed E-state index contributed by atoms with van der Waals surface area (Å²) >= 11 is 5.34. The van der Waals surface area contributed by atoms with E-state index >= 15 is 0 Å². The Kier molecular flexibility index (Phi) is 2.85. The number of rotatable bonds is 2. The average Bonchev–Trinajstić information content (AvgIpc) is 2.02. The molecule has 0 aliphatic rings. The molecule has 0 bridgehead atoms. The van der Waals surface area contributed by atoms with E-state index < -0.39 is 34.4 Å². The molecule has 0 aromatic carbocycles. The molecule has 0 aliphatic carbocycles. The summed E-state index contributed by atoms with van der Waals surface area (Å²) in [5.74, 6) is -1.42. The zero-order valence-electron chi connectivity index (χ0n) is 6.67. The van der Waals surface area contributed by atoms with E-state index in [1.807, 2.05) is 0 Å². The number of halogens is 3. The maximum atomic E-state index is 12.3. The highest BCUT2D eigenvalue weighted by molar-refractivity contribution is 6.30. The Morgan fingerprint density at radius 2 is 2.21 bits per heavy atom. The molecule has 0 radical (unpaired) electrons. The Labute approximate surface area is 82.3 Å². The second kappa shape index (κ2) is 3.75. The van der Waals surface area contributed by atoms with Gasteiger partial charge in [-0.05, 0) is 0 Å². The minimum absolute atomic E-state index is 0.482. The number of hydrogen-bond acceptors (Lipinski definition) is 3. The monoisotopic (exact) mass is 222 g/mol. The largest absolute Gasteiger partial charge is 0.478 e. The van der Waals surface area contributed by atoms with Crippen LogP contribution in [0.1, 0.15) is 22.3 Å². The quantitative estimate of drug-likeness (QED) is 0.750. The molecule has 7 heteroatoms. The summed E-state index contributed by atoms with van der Waals surface area (Å²) in [5, 5.41) is 8.07. The molecule has 0 saturated heterocycles. The molecule has 0 aliphatic heterocycles. The fourth-order valence-electron chi connectivity index (χ4n) is 0.895. The van der Waals surface area contributed by atoms with Crippen LogP contribution < -0.4 is 5.73 Å². The summed E-state index contributed by atoms with van der Waals surface area (Å²) in [4.78, 5) is 13.8. The maximum absolute atomic E-state index is 12.3. The second-order valence-electron chi connectivity index (χ2n) is 2.40. The third kappa shape index (κ3) is 1.74. The first-order valence-electron chi connectivity index (χ1n) is 3.40. The fraction of sp³-hybridized carbons (Fsp3) is 0.143. The highest BCUT2D eigenvalue weighted by Crippen LogP contribution is 2.32. The van der Waals surface area contributed by atoms with Crippen molar-refractivity contribution in [2.24, 2.45) is 0 Å². The van der Waals surface area contributed by atoms with E-state index in [9.17, 15) is 13.6 Å². The number of carboxylic acid groups (broad SMARTS) is 1. The van der Waals surface area contributed by atoms with Gasteiger partial charge < -0.3 is 10.8 Å². The van der Waals surface area contributed by atoms with Crippen molar-refractivity contribution < 1.29 is 18.7 Å². The van der Waals surface area contributed by atoms with Crippen molar-refractivity contribution in [2.75, 3.05) is 5.73 Å². The van der Waals surface area contributed by atoms with Crippen LogP contribution in [0.3, 0.4) is 0 Å². The molecule has 4 nitrogen and oxygen atoms in total. The number of nitrogens with two attached hydrogens (primary N) is 1. The van der Waals surface area contributed by atoms with Gasteiger partial charge in [0.1, 0.15) is 10.7 Å². The van der Waals surface area contributed by atoms with Gasteiger partial charge in [-0.25, -0.2) is 18.6 Å².